The van der Waals surface area contributed by atoms with Crippen LogP contribution in [0, 0.1) is 0 Å². The van der Waals surface area contributed by atoms with E-state index in [1.165, 1.54) is 32.2 Å². The van der Waals surface area contributed by atoms with Gasteiger partial charge in [0.1, 0.15) is 5.75 Å². The zero-order valence-electron chi connectivity index (χ0n) is 13.8. The number of ether oxygens (including phenoxy) is 2. The maximum absolute atomic E-state index is 14.6. The van der Waals surface area contributed by atoms with Crippen LogP contribution in [0.15, 0.2) is 24.3 Å². The van der Waals surface area contributed by atoms with Crippen molar-refractivity contribution < 1.29 is 33.0 Å². The maximum Gasteiger partial charge on any atom is 0.353 e. The Bertz CT molecular complexity index is 594. The predicted octanol–water partition coefficient (Wildman–Crippen LogP) is 2.17. The maximum atomic E-state index is 14.6. The Morgan fingerprint density at radius 1 is 1.29 bits per heavy atom. The molecular weight excluding hydrogens is 324 g/mol. The molecule has 1 atom stereocenters. The molecule has 0 radical (unpaired) electrons. The quantitative estimate of drug-likeness (QED) is 0.716. The molecule has 2 N–H and O–H groups in total. The second kappa shape index (κ2) is 8.05. The monoisotopic (exact) mass is 345 g/mol. The second-order valence-corrected chi connectivity index (χ2v) is 5.52. The number of halogens is 2. The average Bonchev–Trinajstić information content (AvgIpc) is 2.47. The van der Waals surface area contributed by atoms with E-state index in [1.54, 1.807) is 6.92 Å². The van der Waals surface area contributed by atoms with Gasteiger partial charge in [0.2, 0.25) is 0 Å². The molecule has 0 fully saturated rings. The largest absolute Gasteiger partial charge is 0.493 e. The number of hydrogen-bond donors (Lipinski definition) is 2. The summed E-state index contributed by atoms with van der Waals surface area (Å²) in [5.74, 6) is -6.85. The Labute approximate surface area is 138 Å². The first-order valence-electron chi connectivity index (χ1n) is 7.29. The topological polar surface area (TPSA) is 84.9 Å². The van der Waals surface area contributed by atoms with Gasteiger partial charge in [-0.15, -0.1) is 0 Å². The molecule has 0 aliphatic rings. The first kappa shape index (κ1) is 19.8. The number of carboxylic acids is 1. The van der Waals surface area contributed by atoms with Crippen LogP contribution in [0.2, 0.25) is 0 Å². The molecule has 1 unspecified atom stereocenters. The number of carboxylic acid groups (broad SMARTS) is 1. The minimum atomic E-state index is -3.89. The van der Waals surface area contributed by atoms with Crippen molar-refractivity contribution in [3.63, 3.8) is 0 Å². The highest BCUT2D eigenvalue weighted by Gasteiger charge is 2.46. The molecule has 1 rings (SSSR count). The Morgan fingerprint density at radius 3 is 2.46 bits per heavy atom. The summed E-state index contributed by atoms with van der Waals surface area (Å²) in [7, 11) is 1.29. The summed E-state index contributed by atoms with van der Waals surface area (Å²) in [6, 6.07) is 5.31. The molecule has 0 saturated heterocycles. The highest BCUT2D eigenvalue weighted by Crippen LogP contribution is 2.35. The van der Waals surface area contributed by atoms with E-state index in [0.717, 1.165) is 6.07 Å². The second-order valence-electron chi connectivity index (χ2n) is 5.52. The number of methoxy groups -OCH3 is 1. The lowest BCUT2D eigenvalue weighted by atomic mass is 9.97. The minimum Gasteiger partial charge on any atom is -0.493 e. The first-order chi connectivity index (χ1) is 11.2. The third kappa shape index (κ3) is 4.89. The van der Waals surface area contributed by atoms with Gasteiger partial charge in [0.05, 0.1) is 30.7 Å². The molecule has 1 aromatic rings. The van der Waals surface area contributed by atoms with Gasteiger partial charge in [-0.1, -0.05) is 12.1 Å². The van der Waals surface area contributed by atoms with Crippen molar-refractivity contribution in [3.05, 3.63) is 29.8 Å². The van der Waals surface area contributed by atoms with E-state index in [2.05, 4.69) is 5.32 Å². The molecule has 8 heteroatoms. The van der Waals surface area contributed by atoms with E-state index in [-0.39, 0.29) is 19.0 Å². The SMILES string of the molecule is CCOc1ccccc1C(F)(F)C(=O)NC(C)(COC)CC(=O)O. The predicted molar refractivity (Wildman–Crippen MR) is 82.2 cm³/mol. The molecule has 0 bridgehead atoms. The molecule has 1 amide bonds. The van der Waals surface area contributed by atoms with Crippen molar-refractivity contribution in [2.24, 2.45) is 0 Å². The third-order valence-electron chi connectivity index (χ3n) is 3.23. The number of hydrogen-bond acceptors (Lipinski definition) is 4. The van der Waals surface area contributed by atoms with E-state index in [4.69, 9.17) is 14.6 Å². The molecule has 0 aliphatic heterocycles. The Balaban J connectivity index is 3.09. The van der Waals surface area contributed by atoms with Gasteiger partial charge in [-0.3, -0.25) is 9.59 Å². The molecule has 0 saturated carbocycles. The van der Waals surface area contributed by atoms with Gasteiger partial charge in [-0.25, -0.2) is 0 Å². The van der Waals surface area contributed by atoms with E-state index in [0.29, 0.717) is 0 Å². The highest BCUT2D eigenvalue weighted by molar-refractivity contribution is 5.86. The lowest BCUT2D eigenvalue weighted by molar-refractivity contribution is -0.151. The van der Waals surface area contributed by atoms with Gasteiger partial charge in [-0.05, 0) is 26.0 Å². The van der Waals surface area contributed by atoms with Gasteiger partial charge in [0.15, 0.2) is 0 Å². The molecule has 0 spiro atoms. The fourth-order valence-corrected chi connectivity index (χ4v) is 2.27. The van der Waals surface area contributed by atoms with Crippen molar-refractivity contribution >= 4 is 11.9 Å². The summed E-state index contributed by atoms with van der Waals surface area (Å²) in [4.78, 5) is 23.0. The van der Waals surface area contributed by atoms with Crippen molar-refractivity contribution in [1.29, 1.82) is 0 Å². The van der Waals surface area contributed by atoms with Crippen LogP contribution in [0.5, 0.6) is 5.75 Å². The van der Waals surface area contributed by atoms with Crippen LogP contribution >= 0.6 is 0 Å². The molecule has 134 valence electrons. The summed E-state index contributed by atoms with van der Waals surface area (Å²) in [5.41, 5.74) is -2.05. The lowest BCUT2D eigenvalue weighted by Crippen LogP contribution is -2.54. The normalized spacial score (nSPS) is 13.9. The molecule has 0 aromatic heterocycles. The van der Waals surface area contributed by atoms with Crippen LogP contribution < -0.4 is 10.1 Å². The molecular formula is C16H21F2NO5. The molecule has 24 heavy (non-hydrogen) atoms. The van der Waals surface area contributed by atoms with Gasteiger partial charge in [-0.2, -0.15) is 8.78 Å². The standard InChI is InChI=1S/C16H21F2NO5/c1-4-24-12-8-6-5-7-11(12)16(17,18)14(22)19-15(2,10-23-3)9-13(20)21/h5-8H,4,9-10H2,1-3H3,(H,19,22)(H,20,21). The van der Waals surface area contributed by atoms with Crippen molar-refractivity contribution in [2.75, 3.05) is 20.3 Å². The fourth-order valence-electron chi connectivity index (χ4n) is 2.27. The van der Waals surface area contributed by atoms with E-state index < -0.39 is 35.3 Å². The van der Waals surface area contributed by atoms with Crippen LogP contribution in [0.4, 0.5) is 8.78 Å². The number of benzene rings is 1. The number of alkyl halides is 2. The third-order valence-corrected chi connectivity index (χ3v) is 3.23. The summed E-state index contributed by atoms with van der Waals surface area (Å²) in [6.07, 6.45) is -0.560. The molecule has 1 aromatic carbocycles. The van der Waals surface area contributed by atoms with E-state index >= 15 is 0 Å². The summed E-state index contributed by atoms with van der Waals surface area (Å²) in [6.45, 7) is 2.90. The molecule has 0 heterocycles. The smallest absolute Gasteiger partial charge is 0.353 e. The Hall–Kier alpha value is -2.22. The van der Waals surface area contributed by atoms with Gasteiger partial charge in [0, 0.05) is 7.11 Å². The lowest BCUT2D eigenvalue weighted by Gasteiger charge is -2.30. The van der Waals surface area contributed by atoms with Crippen molar-refractivity contribution in [3.8, 4) is 5.75 Å². The van der Waals surface area contributed by atoms with Gasteiger partial charge >= 0.3 is 11.9 Å². The van der Waals surface area contributed by atoms with E-state index in [9.17, 15) is 18.4 Å². The fraction of sp³-hybridized carbons (Fsp3) is 0.500. The van der Waals surface area contributed by atoms with Crippen LogP contribution in [-0.4, -0.2) is 42.8 Å². The number of amides is 1. The highest BCUT2D eigenvalue weighted by atomic mass is 19.3. The number of nitrogens with one attached hydrogen (secondary N) is 1. The number of carbonyl (C=O) groups excluding carboxylic acids is 1. The van der Waals surface area contributed by atoms with Crippen molar-refractivity contribution in [2.45, 2.75) is 31.7 Å². The van der Waals surface area contributed by atoms with Crippen molar-refractivity contribution in [1.82, 2.24) is 5.32 Å². The number of aliphatic carboxylic acids is 1. The van der Waals surface area contributed by atoms with Crippen LogP contribution in [0.1, 0.15) is 25.8 Å². The zero-order valence-corrected chi connectivity index (χ0v) is 13.8. The number of para-hydroxylation sites is 1. The van der Waals surface area contributed by atoms with E-state index in [1.807, 2.05) is 0 Å². The first-order valence-corrected chi connectivity index (χ1v) is 7.29. The van der Waals surface area contributed by atoms with Gasteiger partial charge < -0.3 is 19.9 Å². The number of carbonyl (C=O) groups is 2. The Kier molecular flexibility index (Phi) is 6.65. The number of rotatable bonds is 9. The van der Waals surface area contributed by atoms with Crippen LogP contribution in [-0.2, 0) is 20.2 Å². The minimum absolute atomic E-state index is 0.105. The molecule has 0 aliphatic carbocycles. The Morgan fingerprint density at radius 2 is 1.92 bits per heavy atom. The van der Waals surface area contributed by atoms with Gasteiger partial charge in [0.25, 0.3) is 5.91 Å². The van der Waals surface area contributed by atoms with Crippen LogP contribution in [0.25, 0.3) is 0 Å². The summed E-state index contributed by atoms with van der Waals surface area (Å²) in [5, 5.41) is 11.0. The zero-order chi connectivity index (χ0) is 18.4. The average molecular weight is 345 g/mol. The summed E-state index contributed by atoms with van der Waals surface area (Å²) < 4.78 is 39.1. The summed E-state index contributed by atoms with van der Waals surface area (Å²) >= 11 is 0. The molecule has 6 nitrogen and oxygen atoms in total. The van der Waals surface area contributed by atoms with Crippen LogP contribution in [0.3, 0.4) is 0 Å².